The Balaban J connectivity index is 1.81. The second-order valence-electron chi connectivity index (χ2n) is 7.83. The molecule has 0 aliphatic carbocycles. The third-order valence-electron chi connectivity index (χ3n) is 5.17. The van der Waals surface area contributed by atoms with Gasteiger partial charge in [-0.05, 0) is 44.9 Å². The fraction of sp³-hybridized carbons (Fsp3) is 0.870. The molecule has 1 unspecified atom stereocenters. The van der Waals surface area contributed by atoms with Gasteiger partial charge in [0.25, 0.3) is 0 Å². The molecule has 0 bridgehead atoms. The van der Waals surface area contributed by atoms with E-state index in [-0.39, 0.29) is 18.2 Å². The van der Waals surface area contributed by atoms with E-state index in [0.29, 0.717) is 13.0 Å². The second kappa shape index (κ2) is 17.2. The van der Waals surface area contributed by atoms with E-state index in [4.69, 9.17) is 9.47 Å². The molecule has 0 saturated carbocycles. The topological polar surface area (TPSA) is 55.8 Å². The highest BCUT2D eigenvalue weighted by atomic mass is 16.6. The van der Waals surface area contributed by atoms with E-state index in [1.54, 1.807) is 0 Å². The number of rotatable bonds is 17. The highest BCUT2D eigenvalue weighted by Crippen LogP contribution is 2.13. The zero-order chi connectivity index (χ0) is 19.6. The first-order valence-corrected chi connectivity index (χ1v) is 11.3. The van der Waals surface area contributed by atoms with Crippen molar-refractivity contribution in [1.29, 1.82) is 0 Å². The lowest BCUT2D eigenvalue weighted by molar-refractivity contribution is -0.147. The van der Waals surface area contributed by atoms with Crippen molar-refractivity contribution in [2.75, 3.05) is 13.2 Å². The molecule has 0 amide bonds. The Morgan fingerprint density at radius 2 is 1.89 bits per heavy atom. The average molecular weight is 383 g/mol. The molecule has 1 aliphatic heterocycles. The summed E-state index contributed by atoms with van der Waals surface area (Å²) in [7, 11) is 0. The number of hydrogen-bond acceptors (Lipinski definition) is 4. The van der Waals surface area contributed by atoms with Crippen LogP contribution in [0.5, 0.6) is 0 Å². The summed E-state index contributed by atoms with van der Waals surface area (Å²) < 4.78 is 10.7. The molecule has 1 rings (SSSR count). The number of hydrogen-bond donors (Lipinski definition) is 1. The smallest absolute Gasteiger partial charge is 0.305 e. The van der Waals surface area contributed by atoms with Crippen LogP contribution < -0.4 is 0 Å². The first-order chi connectivity index (χ1) is 13.2. The molecule has 0 radical (unpaired) electrons. The number of unbranched alkanes of at least 4 members (excludes halogenated alkanes) is 8. The van der Waals surface area contributed by atoms with Gasteiger partial charge >= 0.3 is 5.97 Å². The second-order valence-corrected chi connectivity index (χ2v) is 7.83. The molecule has 2 atom stereocenters. The molecular formula is C23H42O4. The summed E-state index contributed by atoms with van der Waals surface area (Å²) in [6.45, 7) is 3.44. The Hall–Kier alpha value is -0.870. The number of aliphatic hydroxyl groups excluding tert-OH is 1. The minimum absolute atomic E-state index is 0.0818. The number of carbonyl (C=O) groups excluding carboxylic acids is 1. The molecule has 4 nitrogen and oxygen atoms in total. The Kier molecular flexibility index (Phi) is 15.4. The minimum Gasteiger partial charge on any atom is -0.463 e. The van der Waals surface area contributed by atoms with Gasteiger partial charge in [0.1, 0.15) is 6.61 Å². The van der Waals surface area contributed by atoms with E-state index in [1.165, 1.54) is 38.5 Å². The number of ether oxygens (including phenoxy) is 2. The molecule has 4 heteroatoms. The Labute approximate surface area is 166 Å². The van der Waals surface area contributed by atoms with Gasteiger partial charge in [0.05, 0.1) is 12.2 Å². The highest BCUT2D eigenvalue weighted by molar-refractivity contribution is 5.69. The Bertz CT molecular complexity index is 375. The van der Waals surface area contributed by atoms with Gasteiger partial charge in [-0.15, -0.1) is 0 Å². The zero-order valence-electron chi connectivity index (χ0n) is 17.5. The van der Waals surface area contributed by atoms with Crippen molar-refractivity contribution in [3.63, 3.8) is 0 Å². The van der Waals surface area contributed by atoms with E-state index in [1.807, 2.05) is 0 Å². The number of allylic oxidation sites excluding steroid dienone is 1. The van der Waals surface area contributed by atoms with E-state index in [0.717, 1.165) is 58.0 Å². The summed E-state index contributed by atoms with van der Waals surface area (Å²) in [5.41, 5.74) is 0. The van der Waals surface area contributed by atoms with Gasteiger partial charge in [-0.3, -0.25) is 4.79 Å². The predicted molar refractivity (Wildman–Crippen MR) is 111 cm³/mol. The normalized spacial score (nSPS) is 18.2. The summed E-state index contributed by atoms with van der Waals surface area (Å²) in [4.78, 5) is 11.7. The lowest BCUT2D eigenvalue weighted by Gasteiger charge is -2.09. The van der Waals surface area contributed by atoms with Gasteiger partial charge in [-0.2, -0.15) is 0 Å². The fourth-order valence-corrected chi connectivity index (χ4v) is 3.39. The van der Waals surface area contributed by atoms with Crippen LogP contribution in [-0.2, 0) is 14.3 Å². The molecule has 0 aromatic rings. The van der Waals surface area contributed by atoms with Crippen LogP contribution in [0.15, 0.2) is 12.2 Å². The molecule has 1 saturated heterocycles. The summed E-state index contributed by atoms with van der Waals surface area (Å²) >= 11 is 0. The number of carbonyl (C=O) groups is 1. The van der Waals surface area contributed by atoms with Gasteiger partial charge in [-0.25, -0.2) is 0 Å². The summed E-state index contributed by atoms with van der Waals surface area (Å²) in [6.07, 6.45) is 20.2. The third kappa shape index (κ3) is 14.8. The Morgan fingerprint density at radius 1 is 1.11 bits per heavy atom. The molecule has 27 heavy (non-hydrogen) atoms. The summed E-state index contributed by atoms with van der Waals surface area (Å²) in [6, 6.07) is 0. The molecule has 0 aromatic carbocycles. The van der Waals surface area contributed by atoms with Crippen molar-refractivity contribution in [2.45, 2.75) is 115 Å². The standard InChI is InChI=1S/C23H42O4/c1-2-3-4-11-15-21(24)16-12-9-7-5-6-8-10-13-18-23(25)27-20-22-17-14-19-26-22/h9,12,21-22,24H,2-8,10-11,13-20H2,1H3/t21-,22?/m1/s1. The molecule has 1 aliphatic rings. The van der Waals surface area contributed by atoms with Gasteiger partial charge in [0.15, 0.2) is 0 Å². The van der Waals surface area contributed by atoms with Gasteiger partial charge in [-0.1, -0.05) is 64.0 Å². The van der Waals surface area contributed by atoms with E-state index >= 15 is 0 Å². The maximum atomic E-state index is 11.7. The largest absolute Gasteiger partial charge is 0.463 e. The van der Waals surface area contributed by atoms with Crippen molar-refractivity contribution in [1.82, 2.24) is 0 Å². The number of esters is 1. The molecule has 0 spiro atoms. The van der Waals surface area contributed by atoms with E-state index < -0.39 is 0 Å². The van der Waals surface area contributed by atoms with Gasteiger partial charge in [0, 0.05) is 13.0 Å². The van der Waals surface area contributed by atoms with Crippen LogP contribution in [0.25, 0.3) is 0 Å². The zero-order valence-corrected chi connectivity index (χ0v) is 17.5. The molecule has 1 heterocycles. The van der Waals surface area contributed by atoms with Crippen LogP contribution >= 0.6 is 0 Å². The molecule has 1 fully saturated rings. The molecule has 0 aromatic heterocycles. The predicted octanol–water partition coefficient (Wildman–Crippen LogP) is 5.72. The maximum absolute atomic E-state index is 11.7. The van der Waals surface area contributed by atoms with Crippen molar-refractivity contribution >= 4 is 5.97 Å². The highest BCUT2D eigenvalue weighted by Gasteiger charge is 2.17. The minimum atomic E-state index is -0.168. The third-order valence-corrected chi connectivity index (χ3v) is 5.17. The first-order valence-electron chi connectivity index (χ1n) is 11.3. The van der Waals surface area contributed by atoms with E-state index in [2.05, 4.69) is 19.1 Å². The van der Waals surface area contributed by atoms with Gasteiger partial charge < -0.3 is 14.6 Å². The fourth-order valence-electron chi connectivity index (χ4n) is 3.39. The maximum Gasteiger partial charge on any atom is 0.305 e. The van der Waals surface area contributed by atoms with Crippen LogP contribution in [0.4, 0.5) is 0 Å². The quantitative estimate of drug-likeness (QED) is 0.199. The van der Waals surface area contributed by atoms with Gasteiger partial charge in [0.2, 0.25) is 0 Å². The lowest BCUT2D eigenvalue weighted by atomic mass is 10.1. The van der Waals surface area contributed by atoms with Crippen LogP contribution in [-0.4, -0.2) is 36.5 Å². The van der Waals surface area contributed by atoms with Crippen molar-refractivity contribution in [3.8, 4) is 0 Å². The van der Waals surface area contributed by atoms with Crippen molar-refractivity contribution in [2.24, 2.45) is 0 Å². The van der Waals surface area contributed by atoms with Crippen molar-refractivity contribution < 1.29 is 19.4 Å². The first kappa shape index (κ1) is 24.2. The van der Waals surface area contributed by atoms with Crippen LogP contribution in [0, 0.1) is 0 Å². The molecule has 1 N–H and O–H groups in total. The molecular weight excluding hydrogens is 340 g/mol. The van der Waals surface area contributed by atoms with Crippen LogP contribution in [0.1, 0.15) is 103 Å². The van der Waals surface area contributed by atoms with Crippen LogP contribution in [0.3, 0.4) is 0 Å². The molecule has 158 valence electrons. The summed E-state index contributed by atoms with van der Waals surface area (Å²) in [5.74, 6) is -0.0818. The number of aliphatic hydroxyl groups is 1. The monoisotopic (exact) mass is 382 g/mol. The SMILES string of the molecule is CCCCCC[C@@H](O)CC=CCCCCCCCC(=O)OCC1CCCO1. The van der Waals surface area contributed by atoms with E-state index in [9.17, 15) is 9.90 Å². The summed E-state index contributed by atoms with van der Waals surface area (Å²) in [5, 5.41) is 9.90. The average Bonchev–Trinajstić information content (AvgIpc) is 3.18. The van der Waals surface area contributed by atoms with Crippen LogP contribution in [0.2, 0.25) is 0 Å². The Morgan fingerprint density at radius 3 is 2.67 bits per heavy atom. The van der Waals surface area contributed by atoms with Crippen molar-refractivity contribution in [3.05, 3.63) is 12.2 Å². The lowest BCUT2D eigenvalue weighted by Crippen LogP contribution is -2.17.